The van der Waals surface area contributed by atoms with E-state index in [-0.39, 0.29) is 6.10 Å². The lowest BCUT2D eigenvalue weighted by Crippen LogP contribution is -2.54. The molecule has 1 unspecified atom stereocenters. The molecule has 0 saturated heterocycles. The molecule has 4 aliphatic carbocycles. The van der Waals surface area contributed by atoms with Crippen LogP contribution in [0, 0.1) is 58.2 Å². The average molecular weight is 459 g/mol. The zero-order valence-electron chi connectivity index (χ0n) is 23.2. The molecule has 8 atom stereocenters. The van der Waals surface area contributed by atoms with Gasteiger partial charge in [0.25, 0.3) is 0 Å². The quantitative estimate of drug-likeness (QED) is 0.365. The molecule has 0 radical (unpaired) electrons. The summed E-state index contributed by atoms with van der Waals surface area (Å²) in [4.78, 5) is 0. The van der Waals surface area contributed by atoms with E-state index in [1.165, 1.54) is 83.5 Å². The molecule has 0 bridgehead atoms. The van der Waals surface area contributed by atoms with Crippen LogP contribution >= 0.6 is 0 Å². The van der Waals surface area contributed by atoms with Crippen LogP contribution in [0.1, 0.15) is 138 Å². The van der Waals surface area contributed by atoms with Crippen molar-refractivity contribution in [3.63, 3.8) is 0 Å². The Bertz CT molecular complexity index is 610. The van der Waals surface area contributed by atoms with Crippen molar-refractivity contribution < 1.29 is 5.11 Å². The number of hydrogen-bond donors (Lipinski definition) is 1. The lowest BCUT2D eigenvalue weighted by molar-refractivity contribution is -0.130. The van der Waals surface area contributed by atoms with Gasteiger partial charge in [-0.3, -0.25) is 0 Å². The fraction of sp³-hybridized carbons (Fsp3) is 1.00. The molecule has 4 fully saturated rings. The molecule has 33 heavy (non-hydrogen) atoms. The predicted molar refractivity (Wildman–Crippen MR) is 142 cm³/mol. The van der Waals surface area contributed by atoms with Crippen LogP contribution in [0.25, 0.3) is 0 Å². The minimum Gasteiger partial charge on any atom is -0.393 e. The molecule has 4 saturated carbocycles. The minimum absolute atomic E-state index is 0.0122. The Morgan fingerprint density at radius 3 is 1.94 bits per heavy atom. The number of rotatable bonds is 9. The van der Waals surface area contributed by atoms with E-state index in [0.29, 0.717) is 10.8 Å². The standard InChI is InChI=1S/C32H58O/c1-22(2)9-7-11-24(12-8-10-23(3)4)28-15-16-29-27-14-13-25-21-26(33)17-19-31(25,5)30(27)18-20-32(28,29)6/h22-30,33H,7-21H2,1-6H3/t25?,26-,27-,28+,29-,30-,31-,32+/m0/s1. The van der Waals surface area contributed by atoms with Crippen LogP contribution < -0.4 is 0 Å². The van der Waals surface area contributed by atoms with E-state index in [1.807, 2.05) is 0 Å². The maximum absolute atomic E-state index is 10.4. The molecule has 1 heteroatoms. The minimum atomic E-state index is -0.0122. The van der Waals surface area contributed by atoms with Gasteiger partial charge in [0.2, 0.25) is 0 Å². The maximum Gasteiger partial charge on any atom is 0.0543 e. The predicted octanol–water partition coefficient (Wildman–Crippen LogP) is 9.28. The highest BCUT2D eigenvalue weighted by molar-refractivity contribution is 5.10. The molecule has 1 nitrogen and oxygen atoms in total. The van der Waals surface area contributed by atoms with Gasteiger partial charge in [-0.05, 0) is 116 Å². The Morgan fingerprint density at radius 2 is 1.30 bits per heavy atom. The van der Waals surface area contributed by atoms with Gasteiger partial charge in [-0.25, -0.2) is 0 Å². The molecule has 0 spiro atoms. The third-order valence-corrected chi connectivity index (χ3v) is 12.0. The van der Waals surface area contributed by atoms with Gasteiger partial charge < -0.3 is 5.11 Å². The van der Waals surface area contributed by atoms with Gasteiger partial charge in [0, 0.05) is 0 Å². The van der Waals surface area contributed by atoms with E-state index >= 15 is 0 Å². The van der Waals surface area contributed by atoms with Crippen LogP contribution in [0.15, 0.2) is 0 Å². The molecule has 192 valence electrons. The van der Waals surface area contributed by atoms with Crippen LogP contribution in [-0.2, 0) is 0 Å². The molecule has 0 aromatic rings. The molecule has 0 amide bonds. The molecular formula is C32H58O. The van der Waals surface area contributed by atoms with Crippen LogP contribution in [0.4, 0.5) is 0 Å². The molecule has 0 heterocycles. The van der Waals surface area contributed by atoms with Gasteiger partial charge in [0.05, 0.1) is 6.10 Å². The molecule has 1 N–H and O–H groups in total. The van der Waals surface area contributed by atoms with Gasteiger partial charge in [-0.1, -0.05) is 80.1 Å². The summed E-state index contributed by atoms with van der Waals surface area (Å²) < 4.78 is 0. The molecule has 0 aliphatic heterocycles. The lowest BCUT2D eigenvalue weighted by atomic mass is 9.44. The lowest BCUT2D eigenvalue weighted by Gasteiger charge is -2.61. The first-order valence-corrected chi connectivity index (χ1v) is 15.3. The smallest absolute Gasteiger partial charge is 0.0543 e. The van der Waals surface area contributed by atoms with E-state index in [0.717, 1.165) is 60.2 Å². The zero-order valence-corrected chi connectivity index (χ0v) is 23.2. The van der Waals surface area contributed by atoms with Gasteiger partial charge in [0.1, 0.15) is 0 Å². The summed E-state index contributed by atoms with van der Waals surface area (Å²) in [6.07, 6.45) is 21.1. The van der Waals surface area contributed by atoms with Crippen molar-refractivity contribution >= 4 is 0 Å². The average Bonchev–Trinajstić information content (AvgIpc) is 3.10. The van der Waals surface area contributed by atoms with Crippen molar-refractivity contribution in [2.45, 2.75) is 144 Å². The van der Waals surface area contributed by atoms with E-state index in [2.05, 4.69) is 41.5 Å². The molecule has 4 aliphatic rings. The second-order valence-corrected chi connectivity index (χ2v) is 14.7. The molecule has 4 rings (SSSR count). The number of aliphatic hydroxyl groups excluding tert-OH is 1. The van der Waals surface area contributed by atoms with E-state index in [4.69, 9.17) is 0 Å². The monoisotopic (exact) mass is 458 g/mol. The van der Waals surface area contributed by atoms with E-state index in [9.17, 15) is 5.11 Å². The van der Waals surface area contributed by atoms with Crippen LogP contribution in [0.3, 0.4) is 0 Å². The number of fused-ring (bicyclic) bond motifs is 5. The van der Waals surface area contributed by atoms with Crippen LogP contribution in [0.5, 0.6) is 0 Å². The van der Waals surface area contributed by atoms with E-state index in [1.54, 1.807) is 0 Å². The maximum atomic E-state index is 10.4. The number of aliphatic hydroxyl groups is 1. The van der Waals surface area contributed by atoms with Crippen molar-refractivity contribution in [1.29, 1.82) is 0 Å². The fourth-order valence-electron chi connectivity index (χ4n) is 10.2. The SMILES string of the molecule is CC(C)CCCC(CCCC(C)C)[C@H]1CC[C@H]2[C@@H]3CCC4C[C@@H](O)CC[C@]4(C)[C@H]3CC[C@]12C. The summed E-state index contributed by atoms with van der Waals surface area (Å²) in [5.74, 6) is 7.39. The van der Waals surface area contributed by atoms with Crippen molar-refractivity contribution in [1.82, 2.24) is 0 Å². The van der Waals surface area contributed by atoms with Crippen molar-refractivity contribution in [2.75, 3.05) is 0 Å². The Balaban J connectivity index is 1.47. The summed E-state index contributed by atoms with van der Waals surface area (Å²) in [6.45, 7) is 15.0. The first-order valence-electron chi connectivity index (χ1n) is 15.3. The van der Waals surface area contributed by atoms with Gasteiger partial charge in [-0.2, -0.15) is 0 Å². The highest BCUT2D eigenvalue weighted by Crippen LogP contribution is 2.68. The van der Waals surface area contributed by atoms with Gasteiger partial charge >= 0.3 is 0 Å². The molecule has 0 aromatic carbocycles. The second-order valence-electron chi connectivity index (χ2n) is 14.7. The summed E-state index contributed by atoms with van der Waals surface area (Å²) in [5.41, 5.74) is 1.13. The zero-order chi connectivity index (χ0) is 23.8. The summed E-state index contributed by atoms with van der Waals surface area (Å²) >= 11 is 0. The third kappa shape index (κ3) is 5.24. The molecule has 0 aromatic heterocycles. The van der Waals surface area contributed by atoms with Gasteiger partial charge in [-0.15, -0.1) is 0 Å². The topological polar surface area (TPSA) is 20.2 Å². The first-order chi connectivity index (χ1) is 15.6. The Hall–Kier alpha value is -0.0400. The number of hydrogen-bond acceptors (Lipinski definition) is 1. The molecular weight excluding hydrogens is 400 g/mol. The van der Waals surface area contributed by atoms with Crippen LogP contribution in [-0.4, -0.2) is 11.2 Å². The van der Waals surface area contributed by atoms with Crippen molar-refractivity contribution in [3.8, 4) is 0 Å². The normalized spacial score (nSPS) is 43.1. The van der Waals surface area contributed by atoms with Crippen molar-refractivity contribution in [2.24, 2.45) is 58.2 Å². The second kappa shape index (κ2) is 10.5. The highest BCUT2D eigenvalue weighted by Gasteiger charge is 2.60. The van der Waals surface area contributed by atoms with Crippen LogP contribution in [0.2, 0.25) is 0 Å². The van der Waals surface area contributed by atoms with E-state index < -0.39 is 0 Å². The Morgan fingerprint density at radius 1 is 0.697 bits per heavy atom. The highest BCUT2D eigenvalue weighted by atomic mass is 16.3. The Kier molecular flexibility index (Phi) is 8.30. The summed E-state index contributed by atoms with van der Waals surface area (Å²) in [6, 6.07) is 0. The summed E-state index contributed by atoms with van der Waals surface area (Å²) in [7, 11) is 0. The van der Waals surface area contributed by atoms with Gasteiger partial charge in [0.15, 0.2) is 0 Å². The summed E-state index contributed by atoms with van der Waals surface area (Å²) in [5, 5.41) is 10.4. The first kappa shape index (κ1) is 26.0. The third-order valence-electron chi connectivity index (χ3n) is 12.0. The van der Waals surface area contributed by atoms with Crippen molar-refractivity contribution in [3.05, 3.63) is 0 Å². The largest absolute Gasteiger partial charge is 0.393 e. The Labute approximate surface area is 207 Å². The fourth-order valence-corrected chi connectivity index (χ4v) is 10.2.